The summed E-state index contributed by atoms with van der Waals surface area (Å²) in [6, 6.07) is 7.97. The molecule has 0 saturated heterocycles. The molecular formula is C13H12BrNO. The van der Waals surface area contributed by atoms with Gasteiger partial charge in [0.25, 0.3) is 5.56 Å². The normalized spacial score (nSPS) is 15.6. The van der Waals surface area contributed by atoms with Crippen molar-refractivity contribution in [1.82, 2.24) is 4.57 Å². The average Bonchev–Trinajstić information content (AvgIpc) is 3.07. The highest BCUT2D eigenvalue weighted by Gasteiger charge is 2.26. The minimum atomic E-state index is 0.118. The Morgan fingerprint density at radius 3 is 2.75 bits per heavy atom. The highest BCUT2D eigenvalue weighted by Crippen LogP contribution is 2.40. The highest BCUT2D eigenvalue weighted by molar-refractivity contribution is 9.10. The van der Waals surface area contributed by atoms with Gasteiger partial charge in [0.05, 0.1) is 0 Å². The van der Waals surface area contributed by atoms with Crippen LogP contribution < -0.4 is 5.56 Å². The van der Waals surface area contributed by atoms with Crippen molar-refractivity contribution in [1.29, 1.82) is 0 Å². The highest BCUT2D eigenvalue weighted by atomic mass is 79.9. The fourth-order valence-corrected chi connectivity index (χ4v) is 2.55. The molecule has 0 unspecified atom stereocenters. The summed E-state index contributed by atoms with van der Waals surface area (Å²) in [7, 11) is 1.87. The van der Waals surface area contributed by atoms with Gasteiger partial charge < -0.3 is 4.57 Å². The molecule has 16 heavy (non-hydrogen) atoms. The molecule has 1 fully saturated rings. The molecule has 0 atom stereocenters. The molecule has 1 aromatic carbocycles. The Bertz CT molecular complexity index is 626. The van der Waals surface area contributed by atoms with Gasteiger partial charge in [-0.25, -0.2) is 0 Å². The first-order valence-electron chi connectivity index (χ1n) is 5.46. The summed E-state index contributed by atoms with van der Waals surface area (Å²) in [5.74, 6) is 0.598. The zero-order valence-corrected chi connectivity index (χ0v) is 10.6. The molecular weight excluding hydrogens is 266 g/mol. The Morgan fingerprint density at radius 1 is 1.31 bits per heavy atom. The van der Waals surface area contributed by atoms with E-state index in [4.69, 9.17) is 0 Å². The van der Waals surface area contributed by atoms with Crippen molar-refractivity contribution < 1.29 is 0 Å². The number of pyridine rings is 1. The van der Waals surface area contributed by atoms with Gasteiger partial charge in [-0.15, -0.1) is 0 Å². The van der Waals surface area contributed by atoms with E-state index in [9.17, 15) is 4.79 Å². The van der Waals surface area contributed by atoms with Gasteiger partial charge in [0.15, 0.2) is 0 Å². The monoisotopic (exact) mass is 277 g/mol. The van der Waals surface area contributed by atoms with Crippen LogP contribution in [0.1, 0.15) is 24.5 Å². The summed E-state index contributed by atoms with van der Waals surface area (Å²) in [5, 5.41) is 1.84. The number of hydrogen-bond acceptors (Lipinski definition) is 1. The lowest BCUT2D eigenvalue weighted by molar-refractivity contribution is 0.786. The summed E-state index contributed by atoms with van der Waals surface area (Å²) in [6.07, 6.45) is 2.43. The minimum Gasteiger partial charge on any atom is -0.315 e. The van der Waals surface area contributed by atoms with E-state index in [-0.39, 0.29) is 5.56 Å². The first-order chi connectivity index (χ1) is 7.66. The molecule has 82 valence electrons. The number of benzene rings is 1. The van der Waals surface area contributed by atoms with Crippen molar-refractivity contribution in [2.45, 2.75) is 18.8 Å². The van der Waals surface area contributed by atoms with Crippen LogP contribution in [-0.4, -0.2) is 4.57 Å². The summed E-state index contributed by atoms with van der Waals surface area (Å²) >= 11 is 3.44. The van der Waals surface area contributed by atoms with Crippen LogP contribution >= 0.6 is 15.9 Å². The average molecular weight is 278 g/mol. The van der Waals surface area contributed by atoms with E-state index in [1.807, 2.05) is 25.2 Å². The molecule has 0 radical (unpaired) electrons. The first kappa shape index (κ1) is 10.1. The Balaban J connectivity index is 2.38. The van der Waals surface area contributed by atoms with E-state index < -0.39 is 0 Å². The van der Waals surface area contributed by atoms with Crippen LogP contribution in [0.2, 0.25) is 0 Å². The third kappa shape index (κ3) is 1.50. The molecule has 0 bridgehead atoms. The zero-order valence-electron chi connectivity index (χ0n) is 9.03. The Kier molecular flexibility index (Phi) is 2.18. The minimum absolute atomic E-state index is 0.118. The number of nitrogens with zero attached hydrogens (tertiary/aromatic N) is 1. The number of rotatable bonds is 1. The lowest BCUT2D eigenvalue weighted by atomic mass is 10.1. The number of aromatic nitrogens is 1. The van der Waals surface area contributed by atoms with Crippen molar-refractivity contribution >= 4 is 26.7 Å². The first-order valence-corrected chi connectivity index (χ1v) is 6.25. The van der Waals surface area contributed by atoms with Crippen molar-refractivity contribution in [3.8, 4) is 0 Å². The Labute approximate surface area is 102 Å². The number of halogens is 1. The second-order valence-corrected chi connectivity index (χ2v) is 5.35. The van der Waals surface area contributed by atoms with E-state index in [2.05, 4.69) is 22.0 Å². The third-order valence-electron chi connectivity index (χ3n) is 3.23. The Morgan fingerprint density at radius 2 is 2.06 bits per heavy atom. The third-order valence-corrected chi connectivity index (χ3v) is 3.73. The van der Waals surface area contributed by atoms with Crippen LogP contribution in [0.4, 0.5) is 0 Å². The predicted octanol–water partition coefficient (Wildman–Crippen LogP) is 3.18. The van der Waals surface area contributed by atoms with Crippen LogP contribution in [0.5, 0.6) is 0 Å². The molecule has 1 aliphatic rings. The van der Waals surface area contributed by atoms with E-state index in [1.165, 1.54) is 18.5 Å². The van der Waals surface area contributed by atoms with E-state index >= 15 is 0 Å². The molecule has 0 amide bonds. The fraction of sp³-hybridized carbons (Fsp3) is 0.308. The van der Waals surface area contributed by atoms with E-state index in [0.717, 1.165) is 15.2 Å². The molecule has 2 nitrogen and oxygen atoms in total. The van der Waals surface area contributed by atoms with Crippen LogP contribution in [0.15, 0.2) is 33.5 Å². The topological polar surface area (TPSA) is 22.0 Å². The number of fused-ring (bicyclic) bond motifs is 1. The van der Waals surface area contributed by atoms with Gasteiger partial charge in [0, 0.05) is 22.6 Å². The molecule has 1 saturated carbocycles. The van der Waals surface area contributed by atoms with Crippen LogP contribution in [-0.2, 0) is 7.05 Å². The second kappa shape index (κ2) is 3.45. The number of hydrogen-bond donors (Lipinski definition) is 0. The SMILES string of the molecule is Cn1c(C2CC2)cc2cc(Br)ccc2c1=O. The molecule has 0 spiro atoms. The van der Waals surface area contributed by atoms with Gasteiger partial charge in [0.1, 0.15) is 0 Å². The lowest BCUT2D eigenvalue weighted by Crippen LogP contribution is -2.19. The maximum Gasteiger partial charge on any atom is 0.258 e. The predicted molar refractivity (Wildman–Crippen MR) is 68.9 cm³/mol. The molecule has 3 rings (SSSR count). The molecule has 2 aromatic rings. The molecule has 0 aliphatic heterocycles. The molecule has 1 aromatic heterocycles. The van der Waals surface area contributed by atoms with Crippen molar-refractivity contribution in [3.63, 3.8) is 0 Å². The van der Waals surface area contributed by atoms with Crippen molar-refractivity contribution in [2.75, 3.05) is 0 Å². The van der Waals surface area contributed by atoms with Gasteiger partial charge in [0.2, 0.25) is 0 Å². The smallest absolute Gasteiger partial charge is 0.258 e. The summed E-state index contributed by atoms with van der Waals surface area (Å²) < 4.78 is 2.82. The maximum atomic E-state index is 12.1. The van der Waals surface area contributed by atoms with Gasteiger partial charge >= 0.3 is 0 Å². The molecule has 0 N–H and O–H groups in total. The molecule has 1 aliphatic carbocycles. The van der Waals surface area contributed by atoms with E-state index in [0.29, 0.717) is 5.92 Å². The summed E-state index contributed by atoms with van der Waals surface area (Å²) in [4.78, 5) is 12.1. The molecule has 3 heteroatoms. The van der Waals surface area contributed by atoms with Gasteiger partial charge in [-0.3, -0.25) is 4.79 Å². The van der Waals surface area contributed by atoms with Crippen LogP contribution in [0.25, 0.3) is 10.8 Å². The van der Waals surface area contributed by atoms with Gasteiger partial charge in [-0.1, -0.05) is 15.9 Å². The van der Waals surface area contributed by atoms with Crippen LogP contribution in [0, 0.1) is 0 Å². The molecule has 1 heterocycles. The zero-order chi connectivity index (χ0) is 11.3. The van der Waals surface area contributed by atoms with E-state index in [1.54, 1.807) is 4.57 Å². The summed E-state index contributed by atoms with van der Waals surface area (Å²) in [5.41, 5.74) is 1.29. The van der Waals surface area contributed by atoms with Gasteiger partial charge in [-0.2, -0.15) is 0 Å². The largest absolute Gasteiger partial charge is 0.315 e. The van der Waals surface area contributed by atoms with Crippen LogP contribution in [0.3, 0.4) is 0 Å². The maximum absolute atomic E-state index is 12.1. The van der Waals surface area contributed by atoms with Crippen molar-refractivity contribution in [3.05, 3.63) is 44.8 Å². The van der Waals surface area contributed by atoms with Crippen molar-refractivity contribution in [2.24, 2.45) is 7.05 Å². The second-order valence-electron chi connectivity index (χ2n) is 4.44. The van der Waals surface area contributed by atoms with Gasteiger partial charge in [-0.05, 0) is 48.4 Å². The fourth-order valence-electron chi connectivity index (χ4n) is 2.17. The lowest BCUT2D eigenvalue weighted by Gasteiger charge is -2.09. The summed E-state index contributed by atoms with van der Waals surface area (Å²) in [6.45, 7) is 0. The quantitative estimate of drug-likeness (QED) is 0.785. The Hall–Kier alpha value is -1.09. The standard InChI is InChI=1S/C13H12BrNO/c1-15-12(8-2-3-8)7-9-6-10(14)4-5-11(9)13(15)16/h4-8H,2-3H2,1H3.